The van der Waals surface area contributed by atoms with Gasteiger partial charge in [0.1, 0.15) is 11.3 Å². The first-order chi connectivity index (χ1) is 12.7. The highest BCUT2D eigenvalue weighted by atomic mass is 35.5. The SMILES string of the molecule is O=C(COc1ccc(Cl)c2cccnc12)NCCSCc1ccccc1. The van der Waals surface area contributed by atoms with Gasteiger partial charge in [-0.3, -0.25) is 9.78 Å². The number of ether oxygens (including phenoxy) is 1. The lowest BCUT2D eigenvalue weighted by Gasteiger charge is -2.10. The van der Waals surface area contributed by atoms with Crippen molar-refractivity contribution < 1.29 is 9.53 Å². The number of benzene rings is 2. The van der Waals surface area contributed by atoms with Crippen molar-refractivity contribution in [2.75, 3.05) is 18.9 Å². The van der Waals surface area contributed by atoms with Crippen LogP contribution in [0.3, 0.4) is 0 Å². The number of thioether (sulfide) groups is 1. The number of fused-ring (bicyclic) bond motifs is 1. The van der Waals surface area contributed by atoms with Crippen LogP contribution in [0.4, 0.5) is 0 Å². The normalized spacial score (nSPS) is 10.7. The Balaban J connectivity index is 1.41. The van der Waals surface area contributed by atoms with Gasteiger partial charge in [-0.05, 0) is 29.8 Å². The van der Waals surface area contributed by atoms with Gasteiger partial charge >= 0.3 is 0 Å². The van der Waals surface area contributed by atoms with Crippen LogP contribution >= 0.6 is 23.4 Å². The fraction of sp³-hybridized carbons (Fsp3) is 0.200. The molecular weight excluding hydrogens is 368 g/mol. The van der Waals surface area contributed by atoms with E-state index in [0.29, 0.717) is 22.8 Å². The Hall–Kier alpha value is -2.24. The van der Waals surface area contributed by atoms with Crippen LogP contribution in [0.2, 0.25) is 5.02 Å². The predicted octanol–water partition coefficient (Wildman–Crippen LogP) is 4.32. The Kier molecular flexibility index (Phi) is 6.75. The van der Waals surface area contributed by atoms with Crippen molar-refractivity contribution in [2.24, 2.45) is 0 Å². The zero-order chi connectivity index (χ0) is 18.2. The van der Waals surface area contributed by atoms with Gasteiger partial charge in [0.15, 0.2) is 6.61 Å². The lowest BCUT2D eigenvalue weighted by Crippen LogP contribution is -2.30. The topological polar surface area (TPSA) is 51.2 Å². The molecule has 26 heavy (non-hydrogen) atoms. The van der Waals surface area contributed by atoms with E-state index in [-0.39, 0.29) is 12.5 Å². The number of carbonyl (C=O) groups is 1. The van der Waals surface area contributed by atoms with E-state index < -0.39 is 0 Å². The molecule has 0 fully saturated rings. The molecule has 0 aliphatic rings. The number of aromatic nitrogens is 1. The van der Waals surface area contributed by atoms with Gasteiger partial charge in [-0.15, -0.1) is 0 Å². The highest BCUT2D eigenvalue weighted by molar-refractivity contribution is 7.98. The van der Waals surface area contributed by atoms with Crippen LogP contribution in [0.25, 0.3) is 10.9 Å². The molecule has 1 aromatic heterocycles. The van der Waals surface area contributed by atoms with Crippen molar-refractivity contribution in [1.82, 2.24) is 10.3 Å². The van der Waals surface area contributed by atoms with E-state index in [9.17, 15) is 4.79 Å². The molecular formula is C20H19ClN2O2S. The number of hydrogen-bond acceptors (Lipinski definition) is 4. The molecule has 0 saturated heterocycles. The molecule has 0 radical (unpaired) electrons. The second kappa shape index (κ2) is 9.46. The van der Waals surface area contributed by atoms with E-state index in [1.807, 2.05) is 30.3 Å². The molecule has 1 N–H and O–H groups in total. The number of carbonyl (C=O) groups excluding carboxylic acids is 1. The Morgan fingerprint density at radius 3 is 2.81 bits per heavy atom. The van der Waals surface area contributed by atoms with Crippen LogP contribution in [-0.2, 0) is 10.5 Å². The summed E-state index contributed by atoms with van der Waals surface area (Å²) in [4.78, 5) is 16.3. The first-order valence-corrected chi connectivity index (χ1v) is 9.82. The van der Waals surface area contributed by atoms with E-state index in [4.69, 9.17) is 16.3 Å². The van der Waals surface area contributed by atoms with Crippen LogP contribution in [0, 0.1) is 0 Å². The minimum absolute atomic E-state index is 0.0450. The number of nitrogens with one attached hydrogen (secondary N) is 1. The largest absolute Gasteiger partial charge is 0.481 e. The average molecular weight is 387 g/mol. The van der Waals surface area contributed by atoms with E-state index in [0.717, 1.165) is 16.9 Å². The molecule has 4 nitrogen and oxygen atoms in total. The lowest BCUT2D eigenvalue weighted by molar-refractivity contribution is -0.122. The van der Waals surface area contributed by atoms with Gasteiger partial charge < -0.3 is 10.1 Å². The summed E-state index contributed by atoms with van der Waals surface area (Å²) in [6.07, 6.45) is 1.68. The third-order valence-electron chi connectivity index (χ3n) is 3.72. The smallest absolute Gasteiger partial charge is 0.257 e. The number of amides is 1. The molecule has 2 aromatic carbocycles. The zero-order valence-electron chi connectivity index (χ0n) is 14.2. The zero-order valence-corrected chi connectivity index (χ0v) is 15.7. The number of halogens is 1. The molecule has 3 rings (SSSR count). The first kappa shape index (κ1) is 18.5. The fourth-order valence-electron chi connectivity index (χ4n) is 2.45. The molecule has 1 amide bonds. The second-order valence-corrected chi connectivity index (χ2v) is 7.13. The molecule has 0 aliphatic heterocycles. The molecule has 0 atom stereocenters. The lowest BCUT2D eigenvalue weighted by atomic mass is 10.2. The van der Waals surface area contributed by atoms with Crippen molar-refractivity contribution >= 4 is 40.2 Å². The number of hydrogen-bond donors (Lipinski definition) is 1. The van der Waals surface area contributed by atoms with Crippen LogP contribution in [-0.4, -0.2) is 29.8 Å². The molecule has 6 heteroatoms. The summed E-state index contributed by atoms with van der Waals surface area (Å²) < 4.78 is 5.62. The van der Waals surface area contributed by atoms with E-state index in [2.05, 4.69) is 22.4 Å². The third-order valence-corrected chi connectivity index (χ3v) is 5.08. The van der Waals surface area contributed by atoms with Crippen LogP contribution in [0.5, 0.6) is 5.75 Å². The van der Waals surface area contributed by atoms with Crippen molar-refractivity contribution in [3.8, 4) is 5.75 Å². The van der Waals surface area contributed by atoms with Gasteiger partial charge in [-0.1, -0.05) is 41.9 Å². The molecule has 0 bridgehead atoms. The number of rotatable bonds is 8. The maximum atomic E-state index is 12.0. The van der Waals surface area contributed by atoms with Gasteiger partial charge in [0, 0.05) is 29.6 Å². The second-order valence-electron chi connectivity index (χ2n) is 5.62. The van der Waals surface area contributed by atoms with Crippen molar-refractivity contribution in [2.45, 2.75) is 5.75 Å². The summed E-state index contributed by atoms with van der Waals surface area (Å²) in [5.41, 5.74) is 1.94. The summed E-state index contributed by atoms with van der Waals surface area (Å²) >= 11 is 7.94. The van der Waals surface area contributed by atoms with Gasteiger partial charge in [0.25, 0.3) is 5.91 Å². The summed E-state index contributed by atoms with van der Waals surface area (Å²) in [6.45, 7) is 0.565. The highest BCUT2D eigenvalue weighted by Crippen LogP contribution is 2.29. The highest BCUT2D eigenvalue weighted by Gasteiger charge is 2.09. The molecule has 0 aliphatic carbocycles. The molecule has 0 unspecified atom stereocenters. The number of nitrogens with zero attached hydrogens (tertiary/aromatic N) is 1. The Morgan fingerprint density at radius 1 is 1.12 bits per heavy atom. The fourth-order valence-corrected chi connectivity index (χ4v) is 3.48. The molecule has 1 heterocycles. The van der Waals surface area contributed by atoms with Crippen molar-refractivity contribution in [1.29, 1.82) is 0 Å². The standard InChI is InChI=1S/C20H19ClN2O2S/c21-17-8-9-18(20-16(17)7-4-10-23-20)25-13-19(24)22-11-12-26-14-15-5-2-1-3-6-15/h1-10H,11-14H2,(H,22,24). The Labute approximate surface area is 161 Å². The van der Waals surface area contributed by atoms with Crippen LogP contribution < -0.4 is 10.1 Å². The molecule has 0 saturated carbocycles. The quantitative estimate of drug-likeness (QED) is 0.586. The monoisotopic (exact) mass is 386 g/mol. The Morgan fingerprint density at radius 2 is 1.96 bits per heavy atom. The molecule has 0 spiro atoms. The maximum absolute atomic E-state index is 12.0. The molecule has 134 valence electrons. The van der Waals surface area contributed by atoms with Gasteiger partial charge in [-0.2, -0.15) is 11.8 Å². The summed E-state index contributed by atoms with van der Waals surface area (Å²) in [6, 6.07) is 17.5. The van der Waals surface area contributed by atoms with Gasteiger partial charge in [0.2, 0.25) is 0 Å². The minimum Gasteiger partial charge on any atom is -0.481 e. The third kappa shape index (κ3) is 5.13. The Bertz CT molecular complexity index is 874. The van der Waals surface area contributed by atoms with Gasteiger partial charge in [0.05, 0.1) is 5.02 Å². The summed E-state index contributed by atoms with van der Waals surface area (Å²) in [5.74, 6) is 2.20. The predicted molar refractivity (Wildman–Crippen MR) is 108 cm³/mol. The van der Waals surface area contributed by atoms with Crippen LogP contribution in [0.1, 0.15) is 5.56 Å². The minimum atomic E-state index is -0.149. The first-order valence-electron chi connectivity index (χ1n) is 8.28. The summed E-state index contributed by atoms with van der Waals surface area (Å²) in [5, 5.41) is 4.29. The van der Waals surface area contributed by atoms with E-state index >= 15 is 0 Å². The van der Waals surface area contributed by atoms with Crippen LogP contribution in [0.15, 0.2) is 60.8 Å². The summed E-state index contributed by atoms with van der Waals surface area (Å²) in [7, 11) is 0. The van der Waals surface area contributed by atoms with E-state index in [1.54, 1.807) is 30.1 Å². The number of pyridine rings is 1. The van der Waals surface area contributed by atoms with Gasteiger partial charge in [-0.25, -0.2) is 0 Å². The van der Waals surface area contributed by atoms with Crippen molar-refractivity contribution in [3.05, 3.63) is 71.4 Å². The molecule has 3 aromatic rings. The average Bonchev–Trinajstić information content (AvgIpc) is 2.68. The van der Waals surface area contributed by atoms with E-state index in [1.165, 1.54) is 5.56 Å². The maximum Gasteiger partial charge on any atom is 0.257 e. The van der Waals surface area contributed by atoms with Crippen molar-refractivity contribution in [3.63, 3.8) is 0 Å².